The van der Waals surface area contributed by atoms with E-state index in [0.29, 0.717) is 6.61 Å². The minimum absolute atomic E-state index is 0.152. The van der Waals surface area contributed by atoms with Crippen molar-refractivity contribution in [2.75, 3.05) is 6.61 Å². The molecule has 1 atom stereocenters. The summed E-state index contributed by atoms with van der Waals surface area (Å²) in [5.74, 6) is 0.848. The zero-order chi connectivity index (χ0) is 14.7. The minimum atomic E-state index is -0.152. The maximum atomic E-state index is 6.62. The van der Waals surface area contributed by atoms with Gasteiger partial charge in [-0.1, -0.05) is 35.4 Å². The molecule has 0 radical (unpaired) electrons. The summed E-state index contributed by atoms with van der Waals surface area (Å²) in [5.41, 5.74) is 4.65. The molecule has 2 aromatic carbocycles. The van der Waals surface area contributed by atoms with Crippen LogP contribution in [0.2, 0.25) is 0 Å². The first kappa shape index (κ1) is 15.4. The monoisotopic (exact) mass is 352 g/mol. The predicted octanol–water partition coefficient (Wildman–Crippen LogP) is 5.79. The number of benzene rings is 2. The molecule has 0 spiro atoms. The van der Waals surface area contributed by atoms with E-state index < -0.39 is 0 Å². The fourth-order valence-corrected chi connectivity index (χ4v) is 3.07. The first-order chi connectivity index (χ1) is 9.51. The maximum Gasteiger partial charge on any atom is 0.133 e. The molecule has 0 N–H and O–H groups in total. The number of rotatable bonds is 4. The van der Waals surface area contributed by atoms with Crippen LogP contribution in [0.1, 0.15) is 34.6 Å². The van der Waals surface area contributed by atoms with E-state index in [1.807, 2.05) is 25.1 Å². The van der Waals surface area contributed by atoms with Gasteiger partial charge in [0.1, 0.15) is 5.75 Å². The number of halogens is 2. The topological polar surface area (TPSA) is 9.23 Å². The molecule has 0 fully saturated rings. The first-order valence-corrected chi connectivity index (χ1v) is 7.88. The smallest absolute Gasteiger partial charge is 0.133 e. The Labute approximate surface area is 134 Å². The second kappa shape index (κ2) is 6.64. The van der Waals surface area contributed by atoms with E-state index in [1.54, 1.807) is 0 Å². The fourth-order valence-electron chi connectivity index (χ4n) is 2.30. The molecule has 0 saturated heterocycles. The van der Waals surface area contributed by atoms with E-state index in [9.17, 15) is 0 Å². The molecule has 2 aromatic rings. The molecule has 1 unspecified atom stereocenters. The molecule has 106 valence electrons. The molecular weight excluding hydrogens is 336 g/mol. The standard InChI is InChI=1S/C17H18BrClO/c1-4-20-16-6-5-13(10-15(16)18)17(19)14-8-11(2)7-12(3)9-14/h5-10,17H,4H2,1-3H3. The number of aryl methyl sites for hydroxylation is 2. The molecular formula is C17H18BrClO. The van der Waals surface area contributed by atoms with Crippen molar-refractivity contribution in [3.05, 3.63) is 63.1 Å². The van der Waals surface area contributed by atoms with Gasteiger partial charge in [-0.05, 0) is 60.0 Å². The lowest BCUT2D eigenvalue weighted by molar-refractivity contribution is 0.338. The summed E-state index contributed by atoms with van der Waals surface area (Å²) < 4.78 is 6.46. The Hall–Kier alpha value is -0.990. The highest BCUT2D eigenvalue weighted by Gasteiger charge is 2.13. The van der Waals surface area contributed by atoms with Crippen molar-refractivity contribution in [2.24, 2.45) is 0 Å². The molecule has 0 saturated carbocycles. The molecule has 0 aliphatic heterocycles. The van der Waals surface area contributed by atoms with Gasteiger partial charge in [0.15, 0.2) is 0 Å². The summed E-state index contributed by atoms with van der Waals surface area (Å²) in [6.45, 7) is 6.81. The molecule has 20 heavy (non-hydrogen) atoms. The van der Waals surface area contributed by atoms with E-state index in [4.69, 9.17) is 16.3 Å². The molecule has 3 heteroatoms. The van der Waals surface area contributed by atoms with Crippen molar-refractivity contribution in [1.82, 2.24) is 0 Å². The molecule has 0 bridgehead atoms. The predicted molar refractivity (Wildman–Crippen MR) is 88.9 cm³/mol. The second-order valence-electron chi connectivity index (χ2n) is 4.91. The van der Waals surface area contributed by atoms with Crippen LogP contribution in [0.25, 0.3) is 0 Å². The maximum absolute atomic E-state index is 6.62. The zero-order valence-electron chi connectivity index (χ0n) is 11.9. The Morgan fingerprint density at radius 1 is 1.05 bits per heavy atom. The molecule has 1 nitrogen and oxygen atoms in total. The van der Waals surface area contributed by atoms with Crippen LogP contribution in [-0.4, -0.2) is 6.61 Å². The normalized spacial score (nSPS) is 12.2. The Kier molecular flexibility index (Phi) is 5.11. The number of alkyl halides is 1. The van der Waals surface area contributed by atoms with Crippen LogP contribution in [-0.2, 0) is 0 Å². The van der Waals surface area contributed by atoms with E-state index in [-0.39, 0.29) is 5.38 Å². The van der Waals surface area contributed by atoms with Crippen molar-refractivity contribution in [3.63, 3.8) is 0 Å². The summed E-state index contributed by atoms with van der Waals surface area (Å²) in [5, 5.41) is -0.152. The lowest BCUT2D eigenvalue weighted by Crippen LogP contribution is -1.97. The third-order valence-electron chi connectivity index (χ3n) is 3.09. The van der Waals surface area contributed by atoms with Crippen LogP contribution in [0.15, 0.2) is 40.9 Å². The Bertz CT molecular complexity index is 590. The van der Waals surface area contributed by atoms with Gasteiger partial charge in [-0.3, -0.25) is 0 Å². The van der Waals surface area contributed by atoms with Crippen molar-refractivity contribution < 1.29 is 4.74 Å². The highest BCUT2D eigenvalue weighted by atomic mass is 79.9. The summed E-state index contributed by atoms with van der Waals surface area (Å²) in [6.07, 6.45) is 0. The summed E-state index contributed by atoms with van der Waals surface area (Å²) in [4.78, 5) is 0. The van der Waals surface area contributed by atoms with Gasteiger partial charge in [0, 0.05) is 0 Å². The van der Waals surface area contributed by atoms with Gasteiger partial charge in [0.05, 0.1) is 16.5 Å². The molecule has 0 amide bonds. The van der Waals surface area contributed by atoms with Crippen LogP contribution in [0.3, 0.4) is 0 Å². The van der Waals surface area contributed by atoms with Gasteiger partial charge < -0.3 is 4.74 Å². The molecule has 0 heterocycles. The summed E-state index contributed by atoms with van der Waals surface area (Å²) in [7, 11) is 0. The summed E-state index contributed by atoms with van der Waals surface area (Å²) in [6, 6.07) is 12.4. The third-order valence-corrected chi connectivity index (χ3v) is 4.21. The third kappa shape index (κ3) is 3.56. The van der Waals surface area contributed by atoms with E-state index >= 15 is 0 Å². The van der Waals surface area contributed by atoms with Crippen LogP contribution in [0.5, 0.6) is 5.75 Å². The van der Waals surface area contributed by atoms with Gasteiger partial charge in [-0.2, -0.15) is 0 Å². The van der Waals surface area contributed by atoms with Gasteiger partial charge in [0.2, 0.25) is 0 Å². The number of hydrogen-bond acceptors (Lipinski definition) is 1. The van der Waals surface area contributed by atoms with Crippen LogP contribution >= 0.6 is 27.5 Å². The quantitative estimate of drug-likeness (QED) is 0.632. The van der Waals surface area contributed by atoms with Gasteiger partial charge >= 0.3 is 0 Å². The van der Waals surface area contributed by atoms with Crippen molar-refractivity contribution in [1.29, 1.82) is 0 Å². The average molecular weight is 354 g/mol. The molecule has 0 aliphatic rings. The Morgan fingerprint density at radius 3 is 2.25 bits per heavy atom. The van der Waals surface area contributed by atoms with Crippen molar-refractivity contribution >= 4 is 27.5 Å². The first-order valence-electron chi connectivity index (χ1n) is 6.65. The molecule has 0 aromatic heterocycles. The van der Waals surface area contributed by atoms with E-state index in [0.717, 1.165) is 21.3 Å². The Balaban J connectivity index is 2.33. The lowest BCUT2D eigenvalue weighted by Gasteiger charge is -2.14. The largest absolute Gasteiger partial charge is 0.493 e. The minimum Gasteiger partial charge on any atom is -0.493 e. The SMILES string of the molecule is CCOc1ccc(C(Cl)c2cc(C)cc(C)c2)cc1Br. The van der Waals surface area contributed by atoms with Crippen molar-refractivity contribution in [3.8, 4) is 5.75 Å². The van der Waals surface area contributed by atoms with Gasteiger partial charge in [0.25, 0.3) is 0 Å². The Morgan fingerprint density at radius 2 is 1.70 bits per heavy atom. The highest BCUT2D eigenvalue weighted by Crippen LogP contribution is 2.34. The van der Waals surface area contributed by atoms with Gasteiger partial charge in [-0.15, -0.1) is 11.6 Å². The fraction of sp³-hybridized carbons (Fsp3) is 0.294. The number of ether oxygens (including phenoxy) is 1. The van der Waals surface area contributed by atoms with E-state index in [1.165, 1.54) is 11.1 Å². The van der Waals surface area contributed by atoms with Crippen LogP contribution in [0, 0.1) is 13.8 Å². The molecule has 0 aliphatic carbocycles. The van der Waals surface area contributed by atoms with Gasteiger partial charge in [-0.25, -0.2) is 0 Å². The molecule has 2 rings (SSSR count). The zero-order valence-corrected chi connectivity index (χ0v) is 14.3. The van der Waals surface area contributed by atoms with E-state index in [2.05, 4.69) is 48.0 Å². The highest BCUT2D eigenvalue weighted by molar-refractivity contribution is 9.10. The van der Waals surface area contributed by atoms with Crippen LogP contribution in [0.4, 0.5) is 0 Å². The van der Waals surface area contributed by atoms with Crippen LogP contribution < -0.4 is 4.74 Å². The summed E-state index contributed by atoms with van der Waals surface area (Å²) >= 11 is 10.1. The second-order valence-corrected chi connectivity index (χ2v) is 6.20. The number of hydrogen-bond donors (Lipinski definition) is 0. The lowest BCUT2D eigenvalue weighted by atomic mass is 10.0. The average Bonchev–Trinajstić information content (AvgIpc) is 2.39. The van der Waals surface area contributed by atoms with Crippen molar-refractivity contribution in [2.45, 2.75) is 26.1 Å².